The number of anilines is 1. The SMILES string of the molecule is Cc1c(N=C2S[C@H](CC(=O)O)C(=O)N2/N=C\c2ccc(N(C)C)cc2)c(=O)n(-c2ccccc2)n1C. The van der Waals surface area contributed by atoms with Gasteiger partial charge in [0.1, 0.15) is 5.25 Å². The lowest BCUT2D eigenvalue weighted by molar-refractivity contribution is -0.139. The molecule has 2 aromatic carbocycles. The summed E-state index contributed by atoms with van der Waals surface area (Å²) in [6.07, 6.45) is 1.13. The Bertz CT molecular complexity index is 1410. The number of amides is 1. The molecular formula is C25H26N6O4S. The lowest BCUT2D eigenvalue weighted by atomic mass is 10.2. The topological polar surface area (TPSA) is 112 Å². The van der Waals surface area contributed by atoms with Crippen LogP contribution in [0.3, 0.4) is 0 Å². The van der Waals surface area contributed by atoms with E-state index < -0.39 is 17.1 Å². The van der Waals surface area contributed by atoms with Gasteiger partial charge in [-0.2, -0.15) is 10.1 Å². The Morgan fingerprint density at radius 2 is 1.78 bits per heavy atom. The Balaban J connectivity index is 1.73. The molecule has 36 heavy (non-hydrogen) atoms. The van der Waals surface area contributed by atoms with Crippen molar-refractivity contribution in [1.82, 2.24) is 14.4 Å². The van der Waals surface area contributed by atoms with Crippen molar-refractivity contribution in [2.24, 2.45) is 17.1 Å². The average molecular weight is 507 g/mol. The van der Waals surface area contributed by atoms with Gasteiger partial charge in [-0.15, -0.1) is 0 Å². The maximum Gasteiger partial charge on any atom is 0.305 e. The molecule has 1 aliphatic heterocycles. The van der Waals surface area contributed by atoms with Gasteiger partial charge in [0, 0.05) is 26.8 Å². The number of hydrazone groups is 1. The lowest BCUT2D eigenvalue weighted by Gasteiger charge is -2.12. The maximum atomic E-state index is 13.3. The Morgan fingerprint density at radius 1 is 1.11 bits per heavy atom. The van der Waals surface area contributed by atoms with Gasteiger partial charge in [-0.25, -0.2) is 9.67 Å². The van der Waals surface area contributed by atoms with Gasteiger partial charge in [0.15, 0.2) is 10.9 Å². The number of aliphatic imine (C=N–C) groups is 1. The first kappa shape index (κ1) is 25.0. The first-order chi connectivity index (χ1) is 17.2. The normalized spacial score (nSPS) is 16.9. The van der Waals surface area contributed by atoms with Gasteiger partial charge in [-0.3, -0.25) is 19.1 Å². The van der Waals surface area contributed by atoms with E-state index in [2.05, 4.69) is 10.1 Å². The Kier molecular flexibility index (Phi) is 7.11. The predicted octanol–water partition coefficient (Wildman–Crippen LogP) is 2.99. The molecule has 0 spiro atoms. The van der Waals surface area contributed by atoms with Crippen molar-refractivity contribution in [2.75, 3.05) is 19.0 Å². The van der Waals surface area contributed by atoms with E-state index in [9.17, 15) is 19.5 Å². The van der Waals surface area contributed by atoms with Crippen molar-refractivity contribution >= 4 is 46.4 Å². The molecule has 1 aliphatic rings. The number of aliphatic carboxylic acids is 1. The van der Waals surface area contributed by atoms with Crippen molar-refractivity contribution in [3.63, 3.8) is 0 Å². The molecule has 3 aromatic rings. The molecule has 10 nitrogen and oxygen atoms in total. The van der Waals surface area contributed by atoms with Crippen LogP contribution in [0.15, 0.2) is 69.5 Å². The third kappa shape index (κ3) is 4.96. The summed E-state index contributed by atoms with van der Waals surface area (Å²) in [7, 11) is 5.62. The van der Waals surface area contributed by atoms with Crippen molar-refractivity contribution in [1.29, 1.82) is 0 Å². The van der Waals surface area contributed by atoms with Crippen molar-refractivity contribution in [2.45, 2.75) is 18.6 Å². The summed E-state index contributed by atoms with van der Waals surface area (Å²) in [5.41, 5.74) is 2.83. The number of thioether (sulfide) groups is 1. The number of amidine groups is 1. The van der Waals surface area contributed by atoms with Crippen molar-refractivity contribution in [3.05, 3.63) is 76.2 Å². The van der Waals surface area contributed by atoms with E-state index >= 15 is 0 Å². The minimum atomic E-state index is -1.10. The highest BCUT2D eigenvalue weighted by Gasteiger charge is 2.40. The van der Waals surface area contributed by atoms with E-state index in [-0.39, 0.29) is 22.8 Å². The Labute approximate surface area is 212 Å². The van der Waals surface area contributed by atoms with Gasteiger partial charge < -0.3 is 10.0 Å². The molecule has 1 aromatic heterocycles. The molecule has 1 saturated heterocycles. The molecule has 1 N–H and O–H groups in total. The quantitative estimate of drug-likeness (QED) is 0.493. The van der Waals surface area contributed by atoms with Crippen LogP contribution in [0.2, 0.25) is 0 Å². The summed E-state index contributed by atoms with van der Waals surface area (Å²) in [4.78, 5) is 44.1. The predicted molar refractivity (Wildman–Crippen MR) is 142 cm³/mol. The van der Waals surface area contributed by atoms with Crippen LogP contribution in [0.5, 0.6) is 0 Å². The molecule has 0 bridgehead atoms. The molecule has 11 heteroatoms. The van der Waals surface area contributed by atoms with Gasteiger partial charge in [0.05, 0.1) is 24.0 Å². The number of nitrogens with zero attached hydrogens (tertiary/aromatic N) is 6. The first-order valence-corrected chi connectivity index (χ1v) is 12.0. The van der Waals surface area contributed by atoms with Gasteiger partial charge in [-0.05, 0) is 36.8 Å². The highest BCUT2D eigenvalue weighted by Crippen LogP contribution is 2.32. The molecule has 2 heterocycles. The molecule has 1 fully saturated rings. The van der Waals surface area contributed by atoms with E-state index in [4.69, 9.17) is 0 Å². The number of hydrogen-bond acceptors (Lipinski definition) is 7. The van der Waals surface area contributed by atoms with Crippen LogP contribution in [0.4, 0.5) is 11.4 Å². The summed E-state index contributed by atoms with van der Waals surface area (Å²) < 4.78 is 3.18. The molecule has 186 valence electrons. The minimum Gasteiger partial charge on any atom is -0.481 e. The fraction of sp³-hybridized carbons (Fsp3) is 0.240. The van der Waals surface area contributed by atoms with E-state index in [1.165, 1.54) is 10.9 Å². The van der Waals surface area contributed by atoms with E-state index in [0.717, 1.165) is 28.0 Å². The summed E-state index contributed by atoms with van der Waals surface area (Å²) in [6, 6.07) is 16.7. The van der Waals surface area contributed by atoms with Gasteiger partial charge in [0.2, 0.25) is 0 Å². The third-order valence-corrected chi connectivity index (χ3v) is 6.86. The molecule has 1 amide bonds. The van der Waals surface area contributed by atoms with Crippen LogP contribution in [0, 0.1) is 6.92 Å². The molecule has 1 atom stereocenters. The molecular weight excluding hydrogens is 480 g/mol. The highest BCUT2D eigenvalue weighted by molar-refractivity contribution is 8.15. The zero-order valence-electron chi connectivity index (χ0n) is 20.3. The summed E-state index contributed by atoms with van der Waals surface area (Å²) >= 11 is 0.988. The van der Waals surface area contributed by atoms with Crippen LogP contribution >= 0.6 is 11.8 Å². The van der Waals surface area contributed by atoms with Crippen LogP contribution in [-0.2, 0) is 16.6 Å². The minimum absolute atomic E-state index is 0.151. The van der Waals surface area contributed by atoms with Crippen LogP contribution < -0.4 is 10.5 Å². The van der Waals surface area contributed by atoms with Crippen molar-refractivity contribution < 1.29 is 14.7 Å². The van der Waals surface area contributed by atoms with Gasteiger partial charge >= 0.3 is 5.97 Å². The maximum absolute atomic E-state index is 13.3. The highest BCUT2D eigenvalue weighted by atomic mass is 32.2. The molecule has 4 rings (SSSR count). The summed E-state index contributed by atoms with van der Waals surface area (Å²) in [5.74, 6) is -1.60. The molecule has 0 unspecified atom stereocenters. The standard InChI is InChI=1S/C25H26N6O4S/c1-16-22(24(35)31(29(16)4)19-8-6-5-7-9-19)27-25-30(23(34)20(36-25)14-21(32)33)26-15-17-10-12-18(13-11-17)28(2)3/h5-13,15,20H,14H2,1-4H3,(H,32,33)/b26-15-,27-25?/t20-/m1/s1. The van der Waals surface area contributed by atoms with Gasteiger partial charge in [-0.1, -0.05) is 42.1 Å². The second-order valence-corrected chi connectivity index (χ2v) is 9.56. The Hall–Kier alpha value is -4.12. The number of para-hydroxylation sites is 1. The van der Waals surface area contributed by atoms with E-state index in [1.807, 2.05) is 73.6 Å². The molecule has 0 aliphatic carbocycles. The summed E-state index contributed by atoms with van der Waals surface area (Å²) in [6.45, 7) is 1.76. The summed E-state index contributed by atoms with van der Waals surface area (Å²) in [5, 5.41) is 13.9. The second-order valence-electron chi connectivity index (χ2n) is 8.39. The number of carboxylic acids is 1. The lowest BCUT2D eigenvalue weighted by Crippen LogP contribution is -2.28. The second kappa shape index (κ2) is 10.2. The fourth-order valence-electron chi connectivity index (χ4n) is 3.69. The monoisotopic (exact) mass is 506 g/mol. The largest absolute Gasteiger partial charge is 0.481 e. The number of carbonyl (C=O) groups excluding carboxylic acids is 1. The fourth-order valence-corrected chi connectivity index (χ4v) is 4.75. The molecule has 0 radical (unpaired) electrons. The van der Waals surface area contributed by atoms with Gasteiger partial charge in [0.25, 0.3) is 11.5 Å². The first-order valence-electron chi connectivity index (χ1n) is 11.1. The van der Waals surface area contributed by atoms with Crippen LogP contribution in [0.1, 0.15) is 17.7 Å². The number of aromatic nitrogens is 2. The smallest absolute Gasteiger partial charge is 0.305 e. The zero-order valence-corrected chi connectivity index (χ0v) is 21.1. The number of hydrogen-bond donors (Lipinski definition) is 1. The van der Waals surface area contributed by atoms with E-state index in [1.54, 1.807) is 18.7 Å². The van der Waals surface area contributed by atoms with Crippen molar-refractivity contribution in [3.8, 4) is 5.69 Å². The van der Waals surface area contributed by atoms with Crippen LogP contribution in [-0.4, -0.2) is 62.1 Å². The Morgan fingerprint density at radius 3 is 2.39 bits per heavy atom. The average Bonchev–Trinajstić information content (AvgIpc) is 3.25. The van der Waals surface area contributed by atoms with E-state index in [0.29, 0.717) is 11.4 Å². The number of benzene rings is 2. The third-order valence-electron chi connectivity index (χ3n) is 5.74. The number of carboxylic acid groups (broad SMARTS) is 1. The number of carbonyl (C=O) groups is 2. The van der Waals surface area contributed by atoms with Crippen LogP contribution in [0.25, 0.3) is 5.69 Å². The number of rotatable bonds is 7. The molecule has 0 saturated carbocycles. The zero-order chi connectivity index (χ0) is 26.0.